The molecule has 5 heteroatoms. The number of ether oxygens (including phenoxy) is 1. The lowest BCUT2D eigenvalue weighted by atomic mass is 10.1. The Morgan fingerprint density at radius 2 is 2.11 bits per heavy atom. The Hall–Kier alpha value is -1.07. The third-order valence-electron chi connectivity index (χ3n) is 2.61. The Morgan fingerprint density at radius 3 is 2.63 bits per heavy atom. The molecule has 0 aromatic heterocycles. The van der Waals surface area contributed by atoms with Crippen molar-refractivity contribution in [3.05, 3.63) is 28.2 Å². The molecule has 1 rings (SSSR count). The quantitative estimate of drug-likeness (QED) is 0.817. The van der Waals surface area contributed by atoms with E-state index in [1.807, 2.05) is 0 Å². The largest absolute Gasteiger partial charge is 0.399 e. The lowest BCUT2D eigenvalue weighted by Crippen LogP contribution is -2.36. The zero-order valence-corrected chi connectivity index (χ0v) is 13.2. The molecule has 0 atom stereocenters. The van der Waals surface area contributed by atoms with Gasteiger partial charge in [0.15, 0.2) is 0 Å². The van der Waals surface area contributed by atoms with Crippen molar-refractivity contribution >= 4 is 27.5 Å². The molecule has 0 aliphatic carbocycles. The molecule has 0 saturated heterocycles. The van der Waals surface area contributed by atoms with Gasteiger partial charge < -0.3 is 15.4 Å². The van der Waals surface area contributed by atoms with Crippen molar-refractivity contribution in [1.82, 2.24) is 4.90 Å². The van der Waals surface area contributed by atoms with Crippen molar-refractivity contribution in [2.24, 2.45) is 5.92 Å². The van der Waals surface area contributed by atoms with Crippen LogP contribution < -0.4 is 5.73 Å². The molecule has 0 aliphatic heterocycles. The summed E-state index contributed by atoms with van der Waals surface area (Å²) in [6, 6.07) is 5.27. The normalized spacial score (nSPS) is 10.8. The second-order valence-electron chi connectivity index (χ2n) is 4.91. The molecule has 1 aromatic carbocycles. The molecule has 0 unspecified atom stereocenters. The minimum absolute atomic E-state index is 0.0150. The number of nitrogens with zero attached hydrogens (tertiary/aromatic N) is 1. The molecule has 1 aromatic rings. The maximum Gasteiger partial charge on any atom is 0.254 e. The van der Waals surface area contributed by atoms with Gasteiger partial charge in [-0.15, -0.1) is 0 Å². The van der Waals surface area contributed by atoms with Crippen LogP contribution >= 0.6 is 15.9 Å². The third kappa shape index (κ3) is 5.20. The smallest absolute Gasteiger partial charge is 0.254 e. The summed E-state index contributed by atoms with van der Waals surface area (Å²) in [4.78, 5) is 14.3. The zero-order valence-electron chi connectivity index (χ0n) is 11.6. The number of carbonyl (C=O) groups is 1. The number of amides is 1. The van der Waals surface area contributed by atoms with E-state index in [0.29, 0.717) is 36.9 Å². The molecule has 1 amide bonds. The monoisotopic (exact) mass is 328 g/mol. The molecule has 0 bridgehead atoms. The Kier molecular flexibility index (Phi) is 6.31. The summed E-state index contributed by atoms with van der Waals surface area (Å²) in [7, 11) is 1.63. The third-order valence-corrected chi connectivity index (χ3v) is 3.06. The predicted molar refractivity (Wildman–Crippen MR) is 81.2 cm³/mol. The Balaban J connectivity index is 2.90. The van der Waals surface area contributed by atoms with Crippen molar-refractivity contribution in [3.63, 3.8) is 0 Å². The van der Waals surface area contributed by atoms with Crippen molar-refractivity contribution in [2.75, 3.05) is 32.5 Å². The van der Waals surface area contributed by atoms with E-state index >= 15 is 0 Å². The molecule has 0 aliphatic rings. The van der Waals surface area contributed by atoms with Crippen LogP contribution in [0.4, 0.5) is 5.69 Å². The van der Waals surface area contributed by atoms with Gasteiger partial charge in [-0.05, 0) is 24.1 Å². The van der Waals surface area contributed by atoms with E-state index in [0.717, 1.165) is 4.47 Å². The van der Waals surface area contributed by atoms with Gasteiger partial charge in [0.25, 0.3) is 5.91 Å². The summed E-state index contributed by atoms with van der Waals surface area (Å²) in [5, 5.41) is 0. The highest BCUT2D eigenvalue weighted by atomic mass is 79.9. The lowest BCUT2D eigenvalue weighted by Gasteiger charge is -2.24. The molecule has 0 saturated carbocycles. The first-order chi connectivity index (χ1) is 8.93. The fourth-order valence-corrected chi connectivity index (χ4v) is 2.35. The van der Waals surface area contributed by atoms with Crippen molar-refractivity contribution in [1.29, 1.82) is 0 Å². The van der Waals surface area contributed by atoms with Crippen LogP contribution in [-0.4, -0.2) is 37.6 Å². The van der Waals surface area contributed by atoms with Gasteiger partial charge in [-0.25, -0.2) is 0 Å². The summed E-state index contributed by atoms with van der Waals surface area (Å²) in [6.45, 7) is 5.99. The second kappa shape index (κ2) is 7.50. The van der Waals surface area contributed by atoms with Gasteiger partial charge in [0.1, 0.15) is 0 Å². The molecule has 0 heterocycles. The van der Waals surface area contributed by atoms with Crippen molar-refractivity contribution in [3.8, 4) is 0 Å². The summed E-state index contributed by atoms with van der Waals surface area (Å²) >= 11 is 3.36. The maximum absolute atomic E-state index is 12.5. The molecular formula is C14H21BrN2O2. The standard InChI is InChI=1S/C14H21BrN2O2/c1-10(2)9-17(4-5-19-3)14(18)11-6-12(15)8-13(16)7-11/h6-8,10H,4-5,9,16H2,1-3H3. The van der Waals surface area contributed by atoms with E-state index in [1.54, 1.807) is 30.2 Å². The van der Waals surface area contributed by atoms with Crippen molar-refractivity contribution in [2.45, 2.75) is 13.8 Å². The fraction of sp³-hybridized carbons (Fsp3) is 0.500. The Bertz CT molecular complexity index is 415. The van der Waals surface area contributed by atoms with E-state index < -0.39 is 0 Å². The highest BCUT2D eigenvalue weighted by Gasteiger charge is 2.17. The number of methoxy groups -OCH3 is 1. The van der Waals surface area contributed by atoms with Crippen LogP contribution in [-0.2, 0) is 4.74 Å². The average Bonchev–Trinajstić information content (AvgIpc) is 2.32. The number of carbonyl (C=O) groups excluding carboxylic acids is 1. The first-order valence-corrected chi connectivity index (χ1v) is 7.07. The topological polar surface area (TPSA) is 55.6 Å². The van der Waals surface area contributed by atoms with Crippen LogP contribution in [0.25, 0.3) is 0 Å². The number of hydrogen-bond acceptors (Lipinski definition) is 3. The minimum atomic E-state index is -0.0150. The molecule has 0 radical (unpaired) electrons. The number of rotatable bonds is 6. The molecular weight excluding hydrogens is 308 g/mol. The van der Waals surface area contributed by atoms with Gasteiger partial charge in [0, 0.05) is 35.9 Å². The van der Waals surface area contributed by atoms with E-state index in [1.165, 1.54) is 0 Å². The zero-order chi connectivity index (χ0) is 14.4. The molecule has 2 N–H and O–H groups in total. The first-order valence-electron chi connectivity index (χ1n) is 6.28. The predicted octanol–water partition coefficient (Wildman–Crippen LogP) is 2.78. The summed E-state index contributed by atoms with van der Waals surface area (Å²) in [5.41, 5.74) is 6.95. The summed E-state index contributed by atoms with van der Waals surface area (Å²) < 4.78 is 5.87. The second-order valence-corrected chi connectivity index (χ2v) is 5.83. The SMILES string of the molecule is COCCN(CC(C)C)C(=O)c1cc(N)cc(Br)c1. The van der Waals surface area contributed by atoms with Crippen LogP contribution in [0.15, 0.2) is 22.7 Å². The maximum atomic E-state index is 12.5. The molecule has 4 nitrogen and oxygen atoms in total. The number of hydrogen-bond donors (Lipinski definition) is 1. The Labute approximate surface area is 123 Å². The van der Waals surface area contributed by atoms with E-state index in [9.17, 15) is 4.79 Å². The van der Waals surface area contributed by atoms with Crippen LogP contribution in [0.5, 0.6) is 0 Å². The first kappa shape index (κ1) is 16.0. The van der Waals surface area contributed by atoms with Gasteiger partial charge in [0.2, 0.25) is 0 Å². The van der Waals surface area contributed by atoms with Crippen LogP contribution in [0.1, 0.15) is 24.2 Å². The van der Waals surface area contributed by atoms with E-state index in [-0.39, 0.29) is 5.91 Å². The van der Waals surface area contributed by atoms with Crippen LogP contribution in [0.2, 0.25) is 0 Å². The Morgan fingerprint density at radius 1 is 1.42 bits per heavy atom. The number of anilines is 1. The average molecular weight is 329 g/mol. The number of nitrogens with two attached hydrogens (primary N) is 1. The lowest BCUT2D eigenvalue weighted by molar-refractivity contribution is 0.0672. The summed E-state index contributed by atoms with van der Waals surface area (Å²) in [6.07, 6.45) is 0. The number of benzene rings is 1. The van der Waals surface area contributed by atoms with E-state index in [4.69, 9.17) is 10.5 Å². The molecule has 19 heavy (non-hydrogen) atoms. The van der Waals surface area contributed by atoms with Gasteiger partial charge in [-0.3, -0.25) is 4.79 Å². The highest BCUT2D eigenvalue weighted by molar-refractivity contribution is 9.10. The minimum Gasteiger partial charge on any atom is -0.399 e. The fourth-order valence-electron chi connectivity index (χ4n) is 1.84. The van der Waals surface area contributed by atoms with Gasteiger partial charge in [-0.1, -0.05) is 29.8 Å². The van der Waals surface area contributed by atoms with E-state index in [2.05, 4.69) is 29.8 Å². The molecule has 106 valence electrons. The van der Waals surface area contributed by atoms with Crippen LogP contribution in [0, 0.1) is 5.92 Å². The van der Waals surface area contributed by atoms with Gasteiger partial charge in [0.05, 0.1) is 6.61 Å². The number of halogens is 1. The molecule has 0 spiro atoms. The number of nitrogen functional groups attached to an aromatic ring is 1. The molecule has 0 fully saturated rings. The van der Waals surface area contributed by atoms with Gasteiger partial charge in [-0.2, -0.15) is 0 Å². The van der Waals surface area contributed by atoms with Gasteiger partial charge >= 0.3 is 0 Å². The summed E-state index contributed by atoms with van der Waals surface area (Å²) in [5.74, 6) is 0.393. The van der Waals surface area contributed by atoms with Crippen molar-refractivity contribution < 1.29 is 9.53 Å². The highest BCUT2D eigenvalue weighted by Crippen LogP contribution is 2.19. The van der Waals surface area contributed by atoms with Crippen LogP contribution in [0.3, 0.4) is 0 Å².